The molecule has 0 aliphatic carbocycles. The number of hydrogen-bond donors (Lipinski definition) is 1. The van der Waals surface area contributed by atoms with Crippen LogP contribution < -0.4 is 4.31 Å². The highest BCUT2D eigenvalue weighted by atomic mass is 35.5. The van der Waals surface area contributed by atoms with Crippen LogP contribution in [0.3, 0.4) is 0 Å². The van der Waals surface area contributed by atoms with Crippen molar-refractivity contribution in [1.82, 2.24) is 4.98 Å². The van der Waals surface area contributed by atoms with Crippen molar-refractivity contribution in [1.29, 1.82) is 5.26 Å². The Kier molecular flexibility index (Phi) is 8.41. The Balaban J connectivity index is 1.96. The van der Waals surface area contributed by atoms with Crippen LogP contribution in [-0.2, 0) is 26.2 Å². The van der Waals surface area contributed by atoms with Crippen LogP contribution in [0.1, 0.15) is 42.3 Å². The van der Waals surface area contributed by atoms with Crippen molar-refractivity contribution in [3.63, 3.8) is 0 Å². The first-order valence-electron chi connectivity index (χ1n) is 12.1. The number of halogens is 4. The fraction of sp³-hybridized carbons (Fsp3) is 0.172. The lowest BCUT2D eigenvalue weighted by molar-refractivity contribution is -0.193. The lowest BCUT2D eigenvalue weighted by atomic mass is 9.87. The molecular formula is C29H21ClF3N3O5S. The molecule has 1 aromatic heterocycles. The monoisotopic (exact) mass is 615 g/mol. The zero-order valence-electron chi connectivity index (χ0n) is 22.2. The van der Waals surface area contributed by atoms with E-state index in [-0.39, 0.29) is 43.7 Å². The SMILES string of the molecule is CC(C)(C)c1ccc(N(c2ccc(C#N)c(Cl)c2-c2ccc(C(=O)OC(=O)C(F)(F)F)c3ncccc23)S(=O)O)cc1. The maximum absolute atomic E-state index is 12.8. The second kappa shape index (κ2) is 11.5. The van der Waals surface area contributed by atoms with Gasteiger partial charge in [-0.2, -0.15) is 18.4 Å². The van der Waals surface area contributed by atoms with Gasteiger partial charge in [0.1, 0.15) is 6.07 Å². The van der Waals surface area contributed by atoms with Crippen molar-refractivity contribution in [2.24, 2.45) is 0 Å². The van der Waals surface area contributed by atoms with Crippen LogP contribution in [0.4, 0.5) is 24.5 Å². The first-order chi connectivity index (χ1) is 19.6. The third kappa shape index (κ3) is 5.99. The molecule has 0 amide bonds. The van der Waals surface area contributed by atoms with Gasteiger partial charge in [0.25, 0.3) is 11.3 Å². The summed E-state index contributed by atoms with van der Waals surface area (Å²) >= 11 is 4.04. The topological polar surface area (TPSA) is 121 Å². The summed E-state index contributed by atoms with van der Waals surface area (Å²) in [7, 11) is 0. The van der Waals surface area contributed by atoms with Gasteiger partial charge in [-0.3, -0.25) is 9.54 Å². The second-order valence-corrected chi connectivity index (χ2v) is 11.2. The average molecular weight is 616 g/mol. The van der Waals surface area contributed by atoms with Gasteiger partial charge in [-0.15, -0.1) is 0 Å². The molecule has 0 saturated heterocycles. The molecule has 0 aliphatic heterocycles. The van der Waals surface area contributed by atoms with E-state index in [0.29, 0.717) is 5.69 Å². The molecule has 0 aliphatic rings. The minimum absolute atomic E-state index is 0.0264. The summed E-state index contributed by atoms with van der Waals surface area (Å²) in [6.45, 7) is 6.04. The number of anilines is 2. The standard InChI is InChI=1S/C29H21ClF3N3O5S/c1-28(2,3)17-7-9-18(10-8-17)36(42(39)40)22-13-6-16(15-34)24(30)23(22)19-11-12-21(25-20(19)5-4-14-35-25)26(37)41-27(38)29(31,32)33/h4-14H,1-3H3,(H,39,40). The van der Waals surface area contributed by atoms with Crippen LogP contribution in [-0.4, -0.2) is 31.9 Å². The molecule has 13 heteroatoms. The highest BCUT2D eigenvalue weighted by molar-refractivity contribution is 7.81. The summed E-state index contributed by atoms with van der Waals surface area (Å²) in [5, 5.41) is 9.76. The smallest absolute Gasteiger partial charge is 0.383 e. The Bertz CT molecular complexity index is 1780. The number of carbonyl (C=O) groups excluding carboxylic acids is 2. The molecule has 0 spiro atoms. The maximum atomic E-state index is 12.8. The number of pyridine rings is 1. The molecule has 4 aromatic rings. The van der Waals surface area contributed by atoms with E-state index >= 15 is 0 Å². The van der Waals surface area contributed by atoms with E-state index in [4.69, 9.17) is 11.6 Å². The Morgan fingerprint density at radius 2 is 1.71 bits per heavy atom. The molecule has 1 N–H and O–H groups in total. The van der Waals surface area contributed by atoms with E-state index in [1.165, 1.54) is 36.5 Å². The molecule has 8 nitrogen and oxygen atoms in total. The Labute approximate surface area is 245 Å². The number of nitrogens with zero attached hydrogens (tertiary/aromatic N) is 3. The number of fused-ring (bicyclic) bond motifs is 1. The van der Waals surface area contributed by atoms with E-state index in [2.05, 4.69) is 9.72 Å². The first kappa shape index (κ1) is 30.6. The second-order valence-electron chi connectivity index (χ2n) is 9.99. The van der Waals surface area contributed by atoms with Crippen LogP contribution in [0.2, 0.25) is 5.02 Å². The quantitative estimate of drug-likeness (QED) is 0.143. The van der Waals surface area contributed by atoms with Gasteiger partial charge in [0, 0.05) is 17.1 Å². The molecule has 1 atom stereocenters. The molecule has 42 heavy (non-hydrogen) atoms. The van der Waals surface area contributed by atoms with Gasteiger partial charge in [0.05, 0.1) is 33.0 Å². The predicted octanol–water partition coefficient (Wildman–Crippen LogP) is 7.24. The minimum atomic E-state index is -5.40. The summed E-state index contributed by atoms with van der Waals surface area (Å²) in [6, 6.07) is 17.1. The number of carbonyl (C=O) groups is 2. The largest absolute Gasteiger partial charge is 0.491 e. The Morgan fingerprint density at radius 3 is 2.29 bits per heavy atom. The van der Waals surface area contributed by atoms with Crippen LogP contribution in [0.25, 0.3) is 22.0 Å². The molecule has 0 fully saturated rings. The Morgan fingerprint density at radius 1 is 1.05 bits per heavy atom. The van der Waals surface area contributed by atoms with Crippen LogP contribution in [0, 0.1) is 11.3 Å². The first-order valence-corrected chi connectivity index (χ1v) is 13.5. The number of benzene rings is 3. The number of nitriles is 1. The lowest BCUT2D eigenvalue weighted by Gasteiger charge is -2.26. The predicted molar refractivity (Wildman–Crippen MR) is 151 cm³/mol. The van der Waals surface area contributed by atoms with Crippen LogP contribution >= 0.6 is 11.6 Å². The molecule has 0 radical (unpaired) electrons. The number of alkyl halides is 3. The summed E-state index contributed by atoms with van der Waals surface area (Å²) in [4.78, 5) is 27.9. The molecule has 4 rings (SSSR count). The molecule has 1 unspecified atom stereocenters. The van der Waals surface area contributed by atoms with Gasteiger partial charge in [0.2, 0.25) is 0 Å². The summed E-state index contributed by atoms with van der Waals surface area (Å²) in [5.74, 6) is -4.27. The number of hydrogen-bond acceptors (Lipinski definition) is 6. The van der Waals surface area contributed by atoms with E-state index in [1.54, 1.807) is 12.1 Å². The van der Waals surface area contributed by atoms with Gasteiger partial charge in [-0.1, -0.05) is 56.6 Å². The summed E-state index contributed by atoms with van der Waals surface area (Å²) < 4.78 is 66.4. The van der Waals surface area contributed by atoms with E-state index in [1.807, 2.05) is 39.0 Å². The highest BCUT2D eigenvalue weighted by Gasteiger charge is 2.43. The van der Waals surface area contributed by atoms with Crippen LogP contribution in [0.15, 0.2) is 66.9 Å². The molecular weight excluding hydrogens is 595 g/mol. The maximum Gasteiger partial charge on any atom is 0.491 e. The van der Waals surface area contributed by atoms with Gasteiger partial charge in [0.15, 0.2) is 0 Å². The normalized spacial score (nSPS) is 12.5. The van der Waals surface area contributed by atoms with Crippen molar-refractivity contribution < 1.29 is 36.3 Å². The van der Waals surface area contributed by atoms with Crippen molar-refractivity contribution in [3.05, 3.63) is 88.6 Å². The molecule has 0 bridgehead atoms. The number of esters is 2. The summed E-state index contributed by atoms with van der Waals surface area (Å²) in [5.41, 5.74) is 1.000. The van der Waals surface area contributed by atoms with Crippen molar-refractivity contribution in [2.45, 2.75) is 32.4 Å². The molecule has 1 heterocycles. The fourth-order valence-corrected chi connectivity index (χ4v) is 5.17. The van der Waals surface area contributed by atoms with Gasteiger partial charge < -0.3 is 4.74 Å². The number of ether oxygens (including phenoxy) is 1. The third-order valence-corrected chi connectivity index (χ3v) is 7.37. The summed E-state index contributed by atoms with van der Waals surface area (Å²) in [6.07, 6.45) is -4.12. The molecule has 216 valence electrons. The minimum Gasteiger partial charge on any atom is -0.383 e. The fourth-order valence-electron chi connectivity index (χ4n) is 4.24. The molecule has 3 aromatic carbocycles. The van der Waals surface area contributed by atoms with Gasteiger partial charge in [-0.05, 0) is 52.9 Å². The van der Waals surface area contributed by atoms with Crippen LogP contribution in [0.5, 0.6) is 0 Å². The van der Waals surface area contributed by atoms with E-state index in [9.17, 15) is 36.8 Å². The molecule has 0 saturated carbocycles. The van der Waals surface area contributed by atoms with E-state index in [0.717, 1.165) is 15.9 Å². The zero-order valence-corrected chi connectivity index (χ0v) is 23.8. The zero-order chi connectivity index (χ0) is 31.0. The third-order valence-electron chi connectivity index (χ3n) is 6.26. The van der Waals surface area contributed by atoms with Gasteiger partial charge >= 0.3 is 18.1 Å². The Hall–Kier alpha value is -4.31. The average Bonchev–Trinajstić information content (AvgIpc) is 2.92. The van der Waals surface area contributed by atoms with Crippen molar-refractivity contribution in [2.75, 3.05) is 4.31 Å². The van der Waals surface area contributed by atoms with Crippen molar-refractivity contribution >= 4 is 57.1 Å². The lowest BCUT2D eigenvalue weighted by Crippen LogP contribution is -2.28. The highest BCUT2D eigenvalue weighted by Crippen LogP contribution is 2.45. The van der Waals surface area contributed by atoms with E-state index < -0.39 is 34.9 Å². The van der Waals surface area contributed by atoms with Gasteiger partial charge in [-0.25, -0.2) is 18.1 Å². The van der Waals surface area contributed by atoms with Crippen molar-refractivity contribution in [3.8, 4) is 17.2 Å². The number of rotatable bonds is 5. The number of aromatic nitrogens is 1.